The van der Waals surface area contributed by atoms with E-state index in [0.29, 0.717) is 26.4 Å². The maximum atomic E-state index is 11.2. The van der Waals surface area contributed by atoms with Crippen LogP contribution in [0.2, 0.25) is 0 Å². The molecule has 0 aromatic heterocycles. The standard InChI is InChI=1S/C12H26N2O4/c1-3-4-7-17-8-5-6-13-12(15)14-11-18-10-9-16-2/h3-11H2,1-2H3,(H2,13,14,15). The van der Waals surface area contributed by atoms with Gasteiger partial charge in [0.1, 0.15) is 6.73 Å². The van der Waals surface area contributed by atoms with E-state index in [1.54, 1.807) is 7.11 Å². The van der Waals surface area contributed by atoms with E-state index in [-0.39, 0.29) is 12.8 Å². The van der Waals surface area contributed by atoms with Crippen molar-refractivity contribution in [1.29, 1.82) is 0 Å². The van der Waals surface area contributed by atoms with Gasteiger partial charge in [0.25, 0.3) is 0 Å². The highest BCUT2D eigenvalue weighted by atomic mass is 16.5. The smallest absolute Gasteiger partial charge is 0.316 e. The summed E-state index contributed by atoms with van der Waals surface area (Å²) in [5.41, 5.74) is 0. The molecule has 0 rings (SSSR count). The minimum absolute atomic E-state index is 0.197. The molecule has 0 aliphatic heterocycles. The van der Waals surface area contributed by atoms with Crippen LogP contribution in [0, 0.1) is 0 Å². The number of hydrogen-bond donors (Lipinski definition) is 2. The zero-order valence-corrected chi connectivity index (χ0v) is 11.5. The molecular weight excluding hydrogens is 236 g/mol. The summed E-state index contributed by atoms with van der Waals surface area (Å²) in [4.78, 5) is 11.2. The molecule has 18 heavy (non-hydrogen) atoms. The van der Waals surface area contributed by atoms with Crippen LogP contribution in [0.5, 0.6) is 0 Å². The number of amides is 2. The van der Waals surface area contributed by atoms with E-state index in [1.807, 2.05) is 0 Å². The van der Waals surface area contributed by atoms with Crippen LogP contribution in [0.15, 0.2) is 0 Å². The lowest BCUT2D eigenvalue weighted by Gasteiger charge is -2.08. The summed E-state index contributed by atoms with van der Waals surface area (Å²) in [6.45, 7) is 5.42. The Hall–Kier alpha value is -0.850. The van der Waals surface area contributed by atoms with Gasteiger partial charge in [-0.3, -0.25) is 0 Å². The van der Waals surface area contributed by atoms with E-state index in [1.165, 1.54) is 0 Å². The van der Waals surface area contributed by atoms with Gasteiger partial charge < -0.3 is 24.8 Å². The Morgan fingerprint density at radius 3 is 2.50 bits per heavy atom. The number of nitrogens with one attached hydrogen (secondary N) is 2. The molecule has 2 amide bonds. The lowest BCUT2D eigenvalue weighted by atomic mass is 10.4. The van der Waals surface area contributed by atoms with Crippen molar-refractivity contribution in [3.05, 3.63) is 0 Å². The highest BCUT2D eigenvalue weighted by molar-refractivity contribution is 5.73. The van der Waals surface area contributed by atoms with E-state index in [0.717, 1.165) is 25.9 Å². The maximum Gasteiger partial charge on any atom is 0.316 e. The molecular formula is C12H26N2O4. The number of hydrogen-bond acceptors (Lipinski definition) is 4. The first-order valence-corrected chi connectivity index (χ1v) is 6.47. The van der Waals surface area contributed by atoms with Gasteiger partial charge in [0.05, 0.1) is 13.2 Å². The fourth-order valence-corrected chi connectivity index (χ4v) is 1.12. The van der Waals surface area contributed by atoms with Crippen LogP contribution in [0.4, 0.5) is 4.79 Å². The van der Waals surface area contributed by atoms with Crippen LogP contribution >= 0.6 is 0 Å². The molecule has 6 heteroatoms. The molecule has 108 valence electrons. The van der Waals surface area contributed by atoms with E-state index >= 15 is 0 Å². The fraction of sp³-hybridized carbons (Fsp3) is 0.917. The number of carbonyl (C=O) groups excluding carboxylic acids is 1. The van der Waals surface area contributed by atoms with E-state index in [4.69, 9.17) is 14.2 Å². The molecule has 0 saturated carbocycles. The summed E-state index contributed by atoms with van der Waals surface area (Å²) in [5, 5.41) is 5.31. The van der Waals surface area contributed by atoms with Crippen molar-refractivity contribution in [3.63, 3.8) is 0 Å². The van der Waals surface area contributed by atoms with E-state index in [2.05, 4.69) is 17.6 Å². The highest BCUT2D eigenvalue weighted by Crippen LogP contribution is 1.88. The number of methoxy groups -OCH3 is 1. The Bertz CT molecular complexity index is 191. The van der Waals surface area contributed by atoms with Gasteiger partial charge in [0.15, 0.2) is 0 Å². The minimum Gasteiger partial charge on any atom is -0.382 e. The second-order valence-electron chi connectivity index (χ2n) is 3.80. The molecule has 0 aromatic carbocycles. The minimum atomic E-state index is -0.221. The SMILES string of the molecule is CCCCOCCCNC(=O)NCOCCOC. The second-order valence-corrected chi connectivity index (χ2v) is 3.80. The van der Waals surface area contributed by atoms with Crippen molar-refractivity contribution in [3.8, 4) is 0 Å². The van der Waals surface area contributed by atoms with Crippen LogP contribution in [-0.2, 0) is 14.2 Å². The van der Waals surface area contributed by atoms with Gasteiger partial charge in [-0.1, -0.05) is 13.3 Å². The first-order valence-electron chi connectivity index (χ1n) is 6.47. The van der Waals surface area contributed by atoms with Gasteiger partial charge in [-0.25, -0.2) is 4.79 Å². The molecule has 0 aliphatic rings. The molecule has 0 bridgehead atoms. The summed E-state index contributed by atoms with van der Waals surface area (Å²) >= 11 is 0. The second kappa shape index (κ2) is 14.2. The average Bonchev–Trinajstić information content (AvgIpc) is 2.37. The summed E-state index contributed by atoms with van der Waals surface area (Å²) in [5.74, 6) is 0. The number of rotatable bonds is 12. The number of unbranched alkanes of at least 4 members (excludes halogenated alkanes) is 1. The normalized spacial score (nSPS) is 10.3. The van der Waals surface area contributed by atoms with Gasteiger partial charge in [-0.15, -0.1) is 0 Å². The van der Waals surface area contributed by atoms with Crippen LogP contribution in [0.3, 0.4) is 0 Å². The van der Waals surface area contributed by atoms with Gasteiger partial charge in [-0.2, -0.15) is 0 Å². The van der Waals surface area contributed by atoms with E-state index < -0.39 is 0 Å². The van der Waals surface area contributed by atoms with Crippen molar-refractivity contribution in [2.75, 3.05) is 46.8 Å². The molecule has 0 aliphatic carbocycles. The average molecular weight is 262 g/mol. The molecule has 0 saturated heterocycles. The van der Waals surface area contributed by atoms with Crippen molar-refractivity contribution in [2.45, 2.75) is 26.2 Å². The Kier molecular flexibility index (Phi) is 13.5. The third kappa shape index (κ3) is 13.2. The maximum absolute atomic E-state index is 11.2. The first-order chi connectivity index (χ1) is 8.81. The monoisotopic (exact) mass is 262 g/mol. The third-order valence-electron chi connectivity index (χ3n) is 2.16. The van der Waals surface area contributed by atoms with Gasteiger partial charge in [0.2, 0.25) is 0 Å². The Morgan fingerprint density at radius 2 is 1.78 bits per heavy atom. The lowest BCUT2D eigenvalue weighted by molar-refractivity contribution is 0.0642. The lowest BCUT2D eigenvalue weighted by Crippen LogP contribution is -2.37. The molecule has 0 unspecified atom stereocenters. The number of ether oxygens (including phenoxy) is 3. The van der Waals surface area contributed by atoms with Gasteiger partial charge in [-0.05, 0) is 12.8 Å². The number of urea groups is 1. The third-order valence-corrected chi connectivity index (χ3v) is 2.16. The number of carbonyl (C=O) groups is 1. The first kappa shape index (κ1) is 17.2. The Labute approximate surface area is 109 Å². The Balaban J connectivity index is 3.12. The summed E-state index contributed by atoms with van der Waals surface area (Å²) in [7, 11) is 1.60. The molecule has 0 aromatic rings. The predicted octanol–water partition coefficient (Wildman–Crippen LogP) is 1.11. The van der Waals surface area contributed by atoms with Crippen molar-refractivity contribution >= 4 is 6.03 Å². The molecule has 0 heterocycles. The van der Waals surface area contributed by atoms with Crippen LogP contribution in [-0.4, -0.2) is 52.8 Å². The van der Waals surface area contributed by atoms with Crippen molar-refractivity contribution in [1.82, 2.24) is 10.6 Å². The predicted molar refractivity (Wildman–Crippen MR) is 69.6 cm³/mol. The zero-order chi connectivity index (χ0) is 13.5. The summed E-state index contributed by atoms with van der Waals surface area (Å²) in [6.07, 6.45) is 3.05. The molecule has 6 nitrogen and oxygen atoms in total. The topological polar surface area (TPSA) is 68.8 Å². The molecule has 0 fully saturated rings. The molecule has 0 radical (unpaired) electrons. The van der Waals surface area contributed by atoms with Crippen molar-refractivity contribution in [2.24, 2.45) is 0 Å². The van der Waals surface area contributed by atoms with Crippen LogP contribution < -0.4 is 10.6 Å². The van der Waals surface area contributed by atoms with Crippen LogP contribution in [0.1, 0.15) is 26.2 Å². The summed E-state index contributed by atoms with van der Waals surface area (Å²) < 4.78 is 15.3. The van der Waals surface area contributed by atoms with Gasteiger partial charge >= 0.3 is 6.03 Å². The largest absolute Gasteiger partial charge is 0.382 e. The highest BCUT2D eigenvalue weighted by Gasteiger charge is 1.98. The molecule has 0 spiro atoms. The molecule has 2 N–H and O–H groups in total. The van der Waals surface area contributed by atoms with Crippen molar-refractivity contribution < 1.29 is 19.0 Å². The van der Waals surface area contributed by atoms with Crippen LogP contribution in [0.25, 0.3) is 0 Å². The summed E-state index contributed by atoms with van der Waals surface area (Å²) in [6, 6.07) is -0.221. The molecule has 0 atom stereocenters. The fourth-order valence-electron chi connectivity index (χ4n) is 1.12. The van der Waals surface area contributed by atoms with Gasteiger partial charge in [0, 0.05) is 26.9 Å². The quantitative estimate of drug-likeness (QED) is 0.408. The van der Waals surface area contributed by atoms with E-state index in [9.17, 15) is 4.79 Å². The Morgan fingerprint density at radius 1 is 1.00 bits per heavy atom. The zero-order valence-electron chi connectivity index (χ0n) is 11.5.